The molecule has 1 aliphatic carbocycles. The second-order valence-electron chi connectivity index (χ2n) is 5.98. The SMILES string of the molecule is CCNCC1(CN(C)Cc2ccccn2)CCCC1. The maximum atomic E-state index is 4.42. The van der Waals surface area contributed by atoms with Crippen LogP contribution in [0.15, 0.2) is 24.4 Å². The molecule has 0 atom stereocenters. The van der Waals surface area contributed by atoms with Crippen molar-refractivity contribution in [2.24, 2.45) is 5.41 Å². The van der Waals surface area contributed by atoms with E-state index in [-0.39, 0.29) is 0 Å². The van der Waals surface area contributed by atoms with E-state index in [9.17, 15) is 0 Å². The van der Waals surface area contributed by atoms with Crippen molar-refractivity contribution in [3.8, 4) is 0 Å². The minimum Gasteiger partial charge on any atom is -0.316 e. The summed E-state index contributed by atoms with van der Waals surface area (Å²) >= 11 is 0. The van der Waals surface area contributed by atoms with Crippen LogP contribution in [0.4, 0.5) is 0 Å². The van der Waals surface area contributed by atoms with Crippen LogP contribution in [0.2, 0.25) is 0 Å². The van der Waals surface area contributed by atoms with Gasteiger partial charge in [0.2, 0.25) is 0 Å². The standard InChI is InChI=1S/C16H27N3/c1-3-17-13-16(9-5-6-10-16)14-19(2)12-15-8-4-7-11-18-15/h4,7-8,11,17H,3,5-6,9-10,12-14H2,1-2H3. The summed E-state index contributed by atoms with van der Waals surface area (Å²) in [6.07, 6.45) is 7.40. The number of rotatable bonds is 7. The maximum absolute atomic E-state index is 4.42. The number of pyridine rings is 1. The lowest BCUT2D eigenvalue weighted by Gasteiger charge is -2.33. The molecule has 3 nitrogen and oxygen atoms in total. The van der Waals surface area contributed by atoms with Crippen LogP contribution in [0.5, 0.6) is 0 Å². The molecule has 1 aliphatic rings. The van der Waals surface area contributed by atoms with E-state index in [1.54, 1.807) is 0 Å². The van der Waals surface area contributed by atoms with E-state index >= 15 is 0 Å². The van der Waals surface area contributed by atoms with Crippen LogP contribution in [0.3, 0.4) is 0 Å². The van der Waals surface area contributed by atoms with Crippen LogP contribution in [-0.4, -0.2) is 36.6 Å². The quantitative estimate of drug-likeness (QED) is 0.818. The third-order valence-electron chi connectivity index (χ3n) is 4.18. The first-order valence-electron chi connectivity index (χ1n) is 7.53. The van der Waals surface area contributed by atoms with Crippen LogP contribution >= 0.6 is 0 Å². The fourth-order valence-electron chi connectivity index (χ4n) is 3.30. The Morgan fingerprint density at radius 1 is 1.32 bits per heavy atom. The third-order valence-corrected chi connectivity index (χ3v) is 4.18. The molecule has 1 N–H and O–H groups in total. The Balaban J connectivity index is 1.90. The molecule has 106 valence electrons. The number of hydrogen-bond donors (Lipinski definition) is 1. The van der Waals surface area contributed by atoms with Crippen molar-refractivity contribution in [1.82, 2.24) is 15.2 Å². The Morgan fingerprint density at radius 3 is 2.74 bits per heavy atom. The molecular formula is C16H27N3. The van der Waals surface area contributed by atoms with Gasteiger partial charge in [0.05, 0.1) is 5.69 Å². The Kier molecular flexibility index (Phi) is 5.34. The van der Waals surface area contributed by atoms with E-state index in [1.165, 1.54) is 37.9 Å². The highest BCUT2D eigenvalue weighted by atomic mass is 15.1. The summed E-state index contributed by atoms with van der Waals surface area (Å²) < 4.78 is 0. The van der Waals surface area contributed by atoms with Gasteiger partial charge in [-0.25, -0.2) is 0 Å². The van der Waals surface area contributed by atoms with Gasteiger partial charge in [-0.15, -0.1) is 0 Å². The highest BCUT2D eigenvalue weighted by Crippen LogP contribution is 2.38. The van der Waals surface area contributed by atoms with Crippen LogP contribution in [0.1, 0.15) is 38.3 Å². The zero-order valence-electron chi connectivity index (χ0n) is 12.4. The molecule has 0 spiro atoms. The van der Waals surface area contributed by atoms with E-state index in [2.05, 4.69) is 41.3 Å². The van der Waals surface area contributed by atoms with E-state index in [0.29, 0.717) is 5.41 Å². The van der Waals surface area contributed by atoms with Gasteiger partial charge in [-0.3, -0.25) is 9.88 Å². The molecule has 1 aromatic heterocycles. The van der Waals surface area contributed by atoms with Gasteiger partial charge >= 0.3 is 0 Å². The normalized spacial score (nSPS) is 18.1. The van der Waals surface area contributed by atoms with E-state index < -0.39 is 0 Å². The fraction of sp³-hybridized carbons (Fsp3) is 0.688. The molecule has 2 rings (SSSR count). The lowest BCUT2D eigenvalue weighted by atomic mass is 9.85. The number of hydrogen-bond acceptors (Lipinski definition) is 3. The van der Waals surface area contributed by atoms with Crippen molar-refractivity contribution >= 4 is 0 Å². The second kappa shape index (κ2) is 7.01. The molecule has 1 fully saturated rings. The van der Waals surface area contributed by atoms with Crippen LogP contribution < -0.4 is 5.32 Å². The molecule has 0 unspecified atom stereocenters. The summed E-state index contributed by atoms with van der Waals surface area (Å²) in [5, 5.41) is 3.56. The largest absolute Gasteiger partial charge is 0.316 e. The molecule has 0 amide bonds. The number of nitrogens with zero attached hydrogens (tertiary/aromatic N) is 2. The highest BCUT2D eigenvalue weighted by molar-refractivity contribution is 5.03. The van der Waals surface area contributed by atoms with Crippen LogP contribution in [-0.2, 0) is 6.54 Å². The molecule has 1 heterocycles. The zero-order chi connectivity index (χ0) is 13.6. The number of nitrogens with one attached hydrogen (secondary N) is 1. The Bertz CT molecular complexity index is 358. The molecule has 1 saturated carbocycles. The summed E-state index contributed by atoms with van der Waals surface area (Å²) in [6.45, 7) is 6.56. The third kappa shape index (κ3) is 4.29. The summed E-state index contributed by atoms with van der Waals surface area (Å²) in [7, 11) is 2.22. The Morgan fingerprint density at radius 2 is 2.11 bits per heavy atom. The molecule has 19 heavy (non-hydrogen) atoms. The van der Waals surface area contributed by atoms with Crippen molar-refractivity contribution in [2.45, 2.75) is 39.2 Å². The minimum absolute atomic E-state index is 0.486. The first-order chi connectivity index (χ1) is 9.24. The monoisotopic (exact) mass is 261 g/mol. The molecule has 1 aromatic rings. The van der Waals surface area contributed by atoms with Gasteiger partial charge in [-0.2, -0.15) is 0 Å². The molecule has 0 aliphatic heterocycles. The van der Waals surface area contributed by atoms with Gasteiger partial charge in [0.15, 0.2) is 0 Å². The zero-order valence-corrected chi connectivity index (χ0v) is 12.4. The predicted octanol–water partition coefficient (Wildman–Crippen LogP) is 2.68. The average Bonchev–Trinajstić information content (AvgIpc) is 2.86. The summed E-state index contributed by atoms with van der Waals surface area (Å²) in [6, 6.07) is 6.16. The molecule has 3 heteroatoms. The molecule has 0 radical (unpaired) electrons. The van der Waals surface area contributed by atoms with Crippen molar-refractivity contribution in [1.29, 1.82) is 0 Å². The van der Waals surface area contributed by atoms with Gasteiger partial charge < -0.3 is 5.32 Å². The number of aromatic nitrogens is 1. The first kappa shape index (κ1) is 14.5. The maximum Gasteiger partial charge on any atom is 0.0543 e. The summed E-state index contributed by atoms with van der Waals surface area (Å²) in [5.41, 5.74) is 1.65. The Labute approximate surface area is 117 Å². The molecular weight excluding hydrogens is 234 g/mol. The van der Waals surface area contributed by atoms with Crippen molar-refractivity contribution in [2.75, 3.05) is 26.7 Å². The second-order valence-corrected chi connectivity index (χ2v) is 5.98. The van der Waals surface area contributed by atoms with Crippen molar-refractivity contribution in [3.05, 3.63) is 30.1 Å². The van der Waals surface area contributed by atoms with E-state index in [4.69, 9.17) is 0 Å². The minimum atomic E-state index is 0.486. The first-order valence-corrected chi connectivity index (χ1v) is 7.53. The highest BCUT2D eigenvalue weighted by Gasteiger charge is 2.34. The summed E-state index contributed by atoms with van der Waals surface area (Å²) in [5.74, 6) is 0. The van der Waals surface area contributed by atoms with Crippen molar-refractivity contribution in [3.63, 3.8) is 0 Å². The van der Waals surface area contributed by atoms with E-state index in [0.717, 1.165) is 19.6 Å². The lowest BCUT2D eigenvalue weighted by Crippen LogP contribution is -2.41. The van der Waals surface area contributed by atoms with E-state index in [1.807, 2.05) is 12.3 Å². The average molecular weight is 261 g/mol. The molecule has 0 aromatic carbocycles. The van der Waals surface area contributed by atoms with Crippen LogP contribution in [0, 0.1) is 5.41 Å². The van der Waals surface area contributed by atoms with Crippen LogP contribution in [0.25, 0.3) is 0 Å². The lowest BCUT2D eigenvalue weighted by molar-refractivity contribution is 0.167. The van der Waals surface area contributed by atoms with Gasteiger partial charge in [-0.1, -0.05) is 25.8 Å². The van der Waals surface area contributed by atoms with Gasteiger partial charge in [0, 0.05) is 25.8 Å². The fourth-order valence-corrected chi connectivity index (χ4v) is 3.30. The smallest absolute Gasteiger partial charge is 0.0543 e. The molecule has 0 saturated heterocycles. The van der Waals surface area contributed by atoms with Gasteiger partial charge in [-0.05, 0) is 44.0 Å². The molecule has 0 bridgehead atoms. The van der Waals surface area contributed by atoms with Gasteiger partial charge in [0.1, 0.15) is 0 Å². The van der Waals surface area contributed by atoms with Crippen molar-refractivity contribution < 1.29 is 0 Å². The summed E-state index contributed by atoms with van der Waals surface area (Å²) in [4.78, 5) is 6.86. The topological polar surface area (TPSA) is 28.2 Å². The predicted molar refractivity (Wildman–Crippen MR) is 80.0 cm³/mol. The Hall–Kier alpha value is -0.930. The van der Waals surface area contributed by atoms with Gasteiger partial charge in [0.25, 0.3) is 0 Å².